The second kappa shape index (κ2) is 5.61. The Morgan fingerprint density at radius 1 is 1.58 bits per heavy atom. The van der Waals surface area contributed by atoms with Crippen molar-refractivity contribution in [1.82, 2.24) is 14.9 Å². The maximum Gasteiger partial charge on any atom is 0.111 e. The highest BCUT2D eigenvalue weighted by Crippen LogP contribution is 2.28. The number of rotatable bonds is 4. The lowest BCUT2D eigenvalue weighted by Gasteiger charge is -2.29. The van der Waals surface area contributed by atoms with Gasteiger partial charge in [0, 0.05) is 32.4 Å². The van der Waals surface area contributed by atoms with Crippen LogP contribution in [0.4, 0.5) is 0 Å². The zero-order valence-electron chi connectivity index (χ0n) is 11.6. The van der Waals surface area contributed by atoms with Gasteiger partial charge in [-0.1, -0.05) is 6.42 Å². The number of ether oxygens (including phenoxy) is 2. The van der Waals surface area contributed by atoms with Crippen LogP contribution in [0.15, 0.2) is 12.5 Å². The van der Waals surface area contributed by atoms with Gasteiger partial charge in [-0.25, -0.2) is 4.98 Å². The van der Waals surface area contributed by atoms with Gasteiger partial charge in [0.2, 0.25) is 0 Å². The summed E-state index contributed by atoms with van der Waals surface area (Å²) >= 11 is 0. The number of nitrogens with one attached hydrogen (secondary N) is 1. The Morgan fingerprint density at radius 3 is 3.21 bits per heavy atom. The molecule has 106 valence electrons. The Morgan fingerprint density at radius 2 is 2.53 bits per heavy atom. The van der Waals surface area contributed by atoms with Crippen LogP contribution in [-0.4, -0.2) is 42.0 Å². The van der Waals surface area contributed by atoms with Crippen LogP contribution in [-0.2, 0) is 16.0 Å². The van der Waals surface area contributed by atoms with E-state index in [4.69, 9.17) is 9.47 Å². The lowest BCUT2D eigenvalue weighted by Crippen LogP contribution is -2.38. The van der Waals surface area contributed by atoms with Crippen molar-refractivity contribution in [2.24, 2.45) is 0 Å². The average molecular weight is 265 g/mol. The molecular weight excluding hydrogens is 242 g/mol. The molecule has 1 aromatic heterocycles. The third kappa shape index (κ3) is 2.68. The zero-order chi connectivity index (χ0) is 13.1. The summed E-state index contributed by atoms with van der Waals surface area (Å²) < 4.78 is 13.5. The molecule has 3 heterocycles. The fourth-order valence-electron chi connectivity index (χ4n) is 3.11. The third-order valence-electron chi connectivity index (χ3n) is 4.37. The van der Waals surface area contributed by atoms with E-state index in [9.17, 15) is 0 Å². The molecule has 2 aliphatic heterocycles. The molecule has 3 rings (SSSR count). The van der Waals surface area contributed by atoms with E-state index in [1.54, 1.807) is 7.11 Å². The molecule has 5 nitrogen and oxygen atoms in total. The summed E-state index contributed by atoms with van der Waals surface area (Å²) in [7, 11) is 1.78. The number of aromatic nitrogens is 2. The van der Waals surface area contributed by atoms with Crippen molar-refractivity contribution in [2.45, 2.75) is 43.9 Å². The second-order valence-corrected chi connectivity index (χ2v) is 5.64. The lowest BCUT2D eigenvalue weighted by atomic mass is 10.0. The molecule has 19 heavy (non-hydrogen) atoms. The predicted octanol–water partition coefficient (Wildman–Crippen LogP) is 1.50. The van der Waals surface area contributed by atoms with E-state index in [0.717, 1.165) is 26.1 Å². The molecule has 2 aliphatic rings. The molecule has 1 aromatic rings. The Balaban J connectivity index is 1.75. The van der Waals surface area contributed by atoms with Gasteiger partial charge in [-0.05, 0) is 19.4 Å². The van der Waals surface area contributed by atoms with E-state index in [1.807, 2.05) is 12.5 Å². The zero-order valence-corrected chi connectivity index (χ0v) is 11.6. The van der Waals surface area contributed by atoms with Crippen molar-refractivity contribution >= 4 is 0 Å². The third-order valence-corrected chi connectivity index (χ3v) is 4.37. The van der Waals surface area contributed by atoms with Crippen molar-refractivity contribution < 1.29 is 9.47 Å². The van der Waals surface area contributed by atoms with Crippen molar-refractivity contribution in [1.29, 1.82) is 0 Å². The van der Waals surface area contributed by atoms with Gasteiger partial charge >= 0.3 is 0 Å². The summed E-state index contributed by atoms with van der Waals surface area (Å²) in [4.78, 5) is 4.33. The number of hydrogen-bond acceptors (Lipinski definition) is 4. The topological polar surface area (TPSA) is 48.3 Å². The van der Waals surface area contributed by atoms with Gasteiger partial charge in [-0.3, -0.25) is 0 Å². The van der Waals surface area contributed by atoms with E-state index in [0.29, 0.717) is 12.6 Å². The fourth-order valence-corrected chi connectivity index (χ4v) is 3.11. The average Bonchev–Trinajstić information content (AvgIpc) is 3.10. The first-order valence-electron chi connectivity index (χ1n) is 7.19. The molecule has 5 heteroatoms. The van der Waals surface area contributed by atoms with Gasteiger partial charge in [0.05, 0.1) is 25.2 Å². The van der Waals surface area contributed by atoms with Crippen molar-refractivity contribution in [3.05, 3.63) is 18.2 Å². The number of hydrogen-bond donors (Lipinski definition) is 1. The van der Waals surface area contributed by atoms with Gasteiger partial charge in [0.1, 0.15) is 5.60 Å². The maximum absolute atomic E-state index is 5.72. The van der Waals surface area contributed by atoms with Crippen LogP contribution in [0.1, 0.15) is 37.4 Å². The van der Waals surface area contributed by atoms with Crippen LogP contribution >= 0.6 is 0 Å². The molecular formula is C14H23N3O2. The summed E-state index contributed by atoms with van der Waals surface area (Å²) in [6.07, 6.45) is 8.64. The van der Waals surface area contributed by atoms with E-state index < -0.39 is 0 Å². The van der Waals surface area contributed by atoms with Gasteiger partial charge in [0.15, 0.2) is 0 Å². The normalized spacial score (nSPS) is 31.7. The van der Waals surface area contributed by atoms with Gasteiger partial charge in [-0.2, -0.15) is 0 Å². The summed E-state index contributed by atoms with van der Waals surface area (Å²) in [5.41, 5.74) is 1.10. The fraction of sp³-hybridized carbons (Fsp3) is 0.786. The Bertz CT molecular complexity index is 407. The first kappa shape index (κ1) is 13.1. The molecule has 0 saturated carbocycles. The molecule has 0 aliphatic carbocycles. The highest BCUT2D eigenvalue weighted by atomic mass is 16.5. The SMILES string of the molecule is COC1(Cn2cncc2C2CCCCN2)CCOC1. The highest BCUT2D eigenvalue weighted by molar-refractivity contribution is 5.07. The van der Waals surface area contributed by atoms with E-state index in [2.05, 4.69) is 14.9 Å². The number of methoxy groups -OCH3 is 1. The molecule has 0 bridgehead atoms. The van der Waals surface area contributed by atoms with Gasteiger partial charge in [0.25, 0.3) is 0 Å². The van der Waals surface area contributed by atoms with Crippen molar-refractivity contribution in [2.75, 3.05) is 26.9 Å². The van der Waals surface area contributed by atoms with Crippen LogP contribution in [0, 0.1) is 0 Å². The summed E-state index contributed by atoms with van der Waals surface area (Å²) in [5, 5.41) is 3.58. The molecule has 2 fully saturated rings. The van der Waals surface area contributed by atoms with E-state index in [-0.39, 0.29) is 5.60 Å². The van der Waals surface area contributed by atoms with Gasteiger partial charge < -0.3 is 19.4 Å². The predicted molar refractivity (Wildman–Crippen MR) is 72.0 cm³/mol. The molecule has 0 spiro atoms. The first-order chi connectivity index (χ1) is 9.33. The molecule has 0 radical (unpaired) electrons. The minimum Gasteiger partial charge on any atom is -0.378 e. The number of nitrogens with zero attached hydrogens (tertiary/aromatic N) is 2. The molecule has 0 aromatic carbocycles. The Hall–Kier alpha value is -0.910. The highest BCUT2D eigenvalue weighted by Gasteiger charge is 2.36. The minimum absolute atomic E-state index is 0.176. The van der Waals surface area contributed by atoms with Crippen LogP contribution in [0.5, 0.6) is 0 Å². The van der Waals surface area contributed by atoms with E-state index in [1.165, 1.54) is 25.0 Å². The molecule has 2 saturated heterocycles. The number of imidazole rings is 1. The van der Waals surface area contributed by atoms with Gasteiger partial charge in [-0.15, -0.1) is 0 Å². The van der Waals surface area contributed by atoms with Crippen LogP contribution in [0.3, 0.4) is 0 Å². The molecule has 1 N–H and O–H groups in total. The smallest absolute Gasteiger partial charge is 0.111 e. The van der Waals surface area contributed by atoms with Crippen LogP contribution in [0.25, 0.3) is 0 Å². The van der Waals surface area contributed by atoms with E-state index >= 15 is 0 Å². The quantitative estimate of drug-likeness (QED) is 0.896. The van der Waals surface area contributed by atoms with Crippen LogP contribution in [0.2, 0.25) is 0 Å². The summed E-state index contributed by atoms with van der Waals surface area (Å²) in [5.74, 6) is 0. The van der Waals surface area contributed by atoms with Crippen molar-refractivity contribution in [3.63, 3.8) is 0 Å². The Labute approximate surface area is 114 Å². The molecule has 0 amide bonds. The maximum atomic E-state index is 5.72. The monoisotopic (exact) mass is 265 g/mol. The minimum atomic E-state index is -0.176. The standard InChI is InChI=1S/C14H23N3O2/c1-18-14(5-7-19-10-14)9-17-11-15-8-13(17)12-4-2-3-6-16-12/h8,11-12,16H,2-7,9-10H2,1H3. The molecule has 2 atom stereocenters. The van der Waals surface area contributed by atoms with Crippen LogP contribution < -0.4 is 5.32 Å². The lowest BCUT2D eigenvalue weighted by molar-refractivity contribution is -0.0302. The summed E-state index contributed by atoms with van der Waals surface area (Å²) in [6.45, 7) is 3.41. The second-order valence-electron chi connectivity index (χ2n) is 5.64. The Kier molecular flexibility index (Phi) is 3.86. The largest absolute Gasteiger partial charge is 0.378 e. The first-order valence-corrected chi connectivity index (χ1v) is 7.19. The van der Waals surface area contributed by atoms with Crippen molar-refractivity contribution in [3.8, 4) is 0 Å². The number of piperidine rings is 1. The summed E-state index contributed by atoms with van der Waals surface area (Å²) in [6, 6.07) is 0.437. The molecule has 2 unspecified atom stereocenters.